The molecule has 0 aliphatic carbocycles. The lowest BCUT2D eigenvalue weighted by Gasteiger charge is -2.14. The van der Waals surface area contributed by atoms with Gasteiger partial charge < -0.3 is 10.5 Å². The van der Waals surface area contributed by atoms with Gasteiger partial charge in [-0.2, -0.15) is 0 Å². The van der Waals surface area contributed by atoms with Crippen LogP contribution in [0.1, 0.15) is 45.5 Å². The fourth-order valence-corrected chi connectivity index (χ4v) is 4.63. The van der Waals surface area contributed by atoms with E-state index in [4.69, 9.17) is 27.1 Å². The molecule has 0 atom stereocenters. The first-order valence-corrected chi connectivity index (χ1v) is 10.7. The molecule has 2 N–H and O–H groups in total. The quantitative estimate of drug-likeness (QED) is 0.556. The summed E-state index contributed by atoms with van der Waals surface area (Å²) in [5.74, 6) is 0.685. The minimum absolute atomic E-state index is 0.0313. The van der Waals surface area contributed by atoms with Crippen molar-refractivity contribution in [2.24, 2.45) is 5.73 Å². The predicted octanol–water partition coefficient (Wildman–Crippen LogP) is 4.79. The number of nitrogens with two attached hydrogens (primary N) is 1. The van der Waals surface area contributed by atoms with Crippen molar-refractivity contribution >= 4 is 40.2 Å². The highest BCUT2D eigenvalue weighted by Crippen LogP contribution is 2.33. The molecule has 5 nitrogen and oxygen atoms in total. The number of halogens is 1. The van der Waals surface area contributed by atoms with Crippen molar-refractivity contribution in [3.8, 4) is 16.3 Å². The number of aryl methyl sites for hydroxylation is 1. The number of amides is 1. The molecule has 1 amide bonds. The van der Waals surface area contributed by atoms with E-state index in [0.717, 1.165) is 37.6 Å². The van der Waals surface area contributed by atoms with E-state index < -0.39 is 5.91 Å². The first-order chi connectivity index (χ1) is 12.9. The second kappa shape index (κ2) is 8.37. The number of thiazole rings is 2. The van der Waals surface area contributed by atoms with Crippen LogP contribution in [0.5, 0.6) is 5.75 Å². The Labute approximate surface area is 171 Å². The van der Waals surface area contributed by atoms with Gasteiger partial charge in [0.15, 0.2) is 0 Å². The third-order valence-electron chi connectivity index (χ3n) is 3.79. The minimum Gasteiger partial charge on any atom is -0.491 e. The summed E-state index contributed by atoms with van der Waals surface area (Å²) in [5, 5.41) is 3.84. The number of alkyl halides is 1. The molecule has 1 aromatic carbocycles. The van der Waals surface area contributed by atoms with Gasteiger partial charge in [0.25, 0.3) is 0 Å². The molecule has 8 heteroatoms. The zero-order valence-electron chi connectivity index (χ0n) is 15.3. The van der Waals surface area contributed by atoms with Crippen molar-refractivity contribution < 1.29 is 9.53 Å². The van der Waals surface area contributed by atoms with E-state index >= 15 is 0 Å². The van der Waals surface area contributed by atoms with Crippen molar-refractivity contribution in [2.75, 3.05) is 0 Å². The Kier molecular flexibility index (Phi) is 6.14. The molecular weight excluding hydrogens is 402 g/mol. The van der Waals surface area contributed by atoms with Crippen molar-refractivity contribution in [1.29, 1.82) is 0 Å². The van der Waals surface area contributed by atoms with Crippen LogP contribution in [0.3, 0.4) is 0 Å². The van der Waals surface area contributed by atoms with E-state index in [-0.39, 0.29) is 6.10 Å². The summed E-state index contributed by atoms with van der Waals surface area (Å²) in [7, 11) is 0. The monoisotopic (exact) mass is 421 g/mol. The highest BCUT2D eigenvalue weighted by Gasteiger charge is 2.15. The van der Waals surface area contributed by atoms with Gasteiger partial charge in [0, 0.05) is 22.9 Å². The molecule has 27 heavy (non-hydrogen) atoms. The Morgan fingerprint density at radius 2 is 2.07 bits per heavy atom. The SMILES string of the molecule is Cc1nc(CCl)sc1-c1csc(Cc2cc(C(N)=O)ccc2OC(C)C)n1. The fourth-order valence-electron chi connectivity index (χ4n) is 2.65. The first kappa shape index (κ1) is 19.8. The normalized spacial score (nSPS) is 11.1. The molecule has 0 saturated carbocycles. The smallest absolute Gasteiger partial charge is 0.248 e. The highest BCUT2D eigenvalue weighted by atomic mass is 35.5. The molecule has 142 valence electrons. The van der Waals surface area contributed by atoms with Crippen LogP contribution in [-0.4, -0.2) is 22.0 Å². The van der Waals surface area contributed by atoms with Gasteiger partial charge in [-0.15, -0.1) is 34.3 Å². The van der Waals surface area contributed by atoms with Crippen molar-refractivity contribution in [1.82, 2.24) is 9.97 Å². The van der Waals surface area contributed by atoms with Crippen molar-refractivity contribution in [3.05, 3.63) is 50.4 Å². The number of carbonyl (C=O) groups excluding carboxylic acids is 1. The summed E-state index contributed by atoms with van der Waals surface area (Å²) in [6.07, 6.45) is 0.595. The Morgan fingerprint density at radius 3 is 2.70 bits per heavy atom. The molecule has 0 saturated heterocycles. The Bertz CT molecular complexity index is 966. The molecule has 0 radical (unpaired) electrons. The van der Waals surface area contributed by atoms with E-state index in [1.807, 2.05) is 26.2 Å². The lowest BCUT2D eigenvalue weighted by molar-refractivity contribution is 0.1000. The van der Waals surface area contributed by atoms with Crippen LogP contribution in [0, 0.1) is 6.92 Å². The summed E-state index contributed by atoms with van der Waals surface area (Å²) in [5.41, 5.74) is 8.62. The summed E-state index contributed by atoms with van der Waals surface area (Å²) >= 11 is 9.02. The predicted molar refractivity (Wildman–Crippen MR) is 111 cm³/mol. The largest absolute Gasteiger partial charge is 0.491 e. The molecule has 0 spiro atoms. The van der Waals surface area contributed by atoms with Crippen LogP contribution in [0.15, 0.2) is 23.6 Å². The van der Waals surface area contributed by atoms with Crippen LogP contribution in [-0.2, 0) is 12.3 Å². The van der Waals surface area contributed by atoms with Gasteiger partial charge in [0.05, 0.1) is 33.3 Å². The highest BCUT2D eigenvalue weighted by molar-refractivity contribution is 7.16. The number of nitrogens with zero attached hydrogens (tertiary/aromatic N) is 2. The fraction of sp³-hybridized carbons (Fsp3) is 0.316. The summed E-state index contributed by atoms with van der Waals surface area (Å²) in [6.45, 7) is 5.90. The topological polar surface area (TPSA) is 78.1 Å². The molecule has 2 heterocycles. The number of aromatic nitrogens is 2. The van der Waals surface area contributed by atoms with E-state index in [9.17, 15) is 4.79 Å². The maximum atomic E-state index is 11.5. The molecule has 0 aliphatic heterocycles. The van der Waals surface area contributed by atoms with Crippen LogP contribution < -0.4 is 10.5 Å². The number of hydrogen-bond acceptors (Lipinski definition) is 6. The number of primary amides is 1. The second-order valence-electron chi connectivity index (χ2n) is 6.31. The van der Waals surface area contributed by atoms with Crippen molar-refractivity contribution in [3.63, 3.8) is 0 Å². The molecule has 0 bridgehead atoms. The third kappa shape index (κ3) is 4.66. The van der Waals surface area contributed by atoms with Crippen LogP contribution in [0.25, 0.3) is 10.6 Å². The standard InChI is InChI=1S/C19H20ClN3O2S2/c1-10(2)25-15-5-4-12(19(21)24)6-13(15)7-16-23-14(9-26-16)18-11(3)22-17(8-20)27-18/h4-6,9-10H,7-8H2,1-3H3,(H2,21,24). The second-order valence-corrected chi connectivity index (χ2v) is 8.61. The summed E-state index contributed by atoms with van der Waals surface area (Å²) in [4.78, 5) is 21.8. The van der Waals surface area contributed by atoms with Gasteiger partial charge in [-0.1, -0.05) is 0 Å². The van der Waals surface area contributed by atoms with E-state index in [1.54, 1.807) is 40.9 Å². The van der Waals surface area contributed by atoms with Crippen LogP contribution in [0.4, 0.5) is 0 Å². The molecule has 3 rings (SSSR count). The average Bonchev–Trinajstić information content (AvgIpc) is 3.22. The van der Waals surface area contributed by atoms with E-state index in [2.05, 4.69) is 4.98 Å². The van der Waals surface area contributed by atoms with Crippen LogP contribution in [0.2, 0.25) is 0 Å². The van der Waals surface area contributed by atoms with Gasteiger partial charge in [-0.3, -0.25) is 4.79 Å². The van der Waals surface area contributed by atoms with Crippen LogP contribution >= 0.6 is 34.3 Å². The third-order valence-corrected chi connectivity index (χ3v) is 6.23. The zero-order chi connectivity index (χ0) is 19.6. The molecule has 0 fully saturated rings. The first-order valence-electron chi connectivity index (χ1n) is 8.43. The molecule has 3 aromatic rings. The Balaban J connectivity index is 1.90. The van der Waals surface area contributed by atoms with E-state index in [1.165, 1.54) is 0 Å². The average molecular weight is 422 g/mol. The Hall–Kier alpha value is -1.96. The van der Waals surface area contributed by atoms with Gasteiger partial charge in [0.2, 0.25) is 5.91 Å². The van der Waals surface area contributed by atoms with Gasteiger partial charge in [-0.05, 0) is 39.0 Å². The minimum atomic E-state index is -0.457. The number of benzene rings is 1. The maximum absolute atomic E-state index is 11.5. The zero-order valence-corrected chi connectivity index (χ0v) is 17.7. The molecular formula is C19H20ClN3O2S2. The van der Waals surface area contributed by atoms with Gasteiger partial charge >= 0.3 is 0 Å². The molecule has 0 aliphatic rings. The summed E-state index contributed by atoms with van der Waals surface area (Å²) in [6, 6.07) is 5.26. The lowest BCUT2D eigenvalue weighted by Crippen LogP contribution is -2.13. The Morgan fingerprint density at radius 1 is 1.30 bits per heavy atom. The van der Waals surface area contributed by atoms with Gasteiger partial charge in [-0.25, -0.2) is 9.97 Å². The number of ether oxygens (including phenoxy) is 1. The maximum Gasteiger partial charge on any atom is 0.248 e. The number of rotatable bonds is 7. The number of hydrogen-bond donors (Lipinski definition) is 1. The molecule has 0 unspecified atom stereocenters. The van der Waals surface area contributed by atoms with Crippen molar-refractivity contribution in [2.45, 2.75) is 39.2 Å². The van der Waals surface area contributed by atoms with Gasteiger partial charge in [0.1, 0.15) is 10.8 Å². The lowest BCUT2D eigenvalue weighted by atomic mass is 10.1. The number of carbonyl (C=O) groups is 1. The molecule has 2 aromatic heterocycles. The van der Waals surface area contributed by atoms with E-state index in [0.29, 0.717) is 17.9 Å². The summed E-state index contributed by atoms with van der Waals surface area (Å²) < 4.78 is 5.88.